The summed E-state index contributed by atoms with van der Waals surface area (Å²) in [6.45, 7) is 11.2. The minimum Gasteiger partial charge on any atom is -0.460 e. The zero-order valence-corrected chi connectivity index (χ0v) is 23.1. The summed E-state index contributed by atoms with van der Waals surface area (Å²) >= 11 is 2.01. The number of alkyl halides is 1. The predicted molar refractivity (Wildman–Crippen MR) is 141 cm³/mol. The molecule has 8 heteroatoms. The lowest BCUT2D eigenvalue weighted by molar-refractivity contribution is -0.144. The molecular weight excluding hydrogens is 549 g/mol. The van der Waals surface area contributed by atoms with E-state index in [9.17, 15) is 9.59 Å². The van der Waals surface area contributed by atoms with E-state index in [1.165, 1.54) is 0 Å². The van der Waals surface area contributed by atoms with Gasteiger partial charge < -0.3 is 19.2 Å². The van der Waals surface area contributed by atoms with Crippen molar-refractivity contribution in [3.8, 4) is 0 Å². The Hall–Kier alpha value is -1.91. The Morgan fingerprint density at radius 1 is 0.909 bits per heavy atom. The van der Waals surface area contributed by atoms with Gasteiger partial charge in [-0.25, -0.2) is 4.79 Å². The van der Waals surface area contributed by atoms with Crippen LogP contribution in [0.15, 0.2) is 60.7 Å². The van der Waals surface area contributed by atoms with E-state index < -0.39 is 30.3 Å². The largest absolute Gasteiger partial charge is 0.460 e. The highest BCUT2D eigenvalue weighted by Crippen LogP contribution is 2.36. The van der Waals surface area contributed by atoms with Crippen molar-refractivity contribution in [3.05, 3.63) is 71.8 Å². The molecule has 2 aromatic rings. The molecule has 1 amide bonds. The molecule has 33 heavy (non-hydrogen) atoms. The van der Waals surface area contributed by atoms with E-state index in [2.05, 4.69) is 39.2 Å². The van der Waals surface area contributed by atoms with Gasteiger partial charge in [-0.3, -0.25) is 4.79 Å². The molecule has 0 unspecified atom stereocenters. The smallest absolute Gasteiger partial charge is 0.407 e. The number of hydrogen-bond donors (Lipinski definition) is 1. The molecule has 0 saturated heterocycles. The van der Waals surface area contributed by atoms with Gasteiger partial charge >= 0.3 is 12.1 Å². The van der Waals surface area contributed by atoms with Gasteiger partial charge in [-0.15, -0.1) is 0 Å². The number of rotatable bonds is 10. The molecule has 180 valence electrons. The highest BCUT2D eigenvalue weighted by atomic mass is 127. The second-order valence-corrected chi connectivity index (χ2v) is 15.5. The van der Waals surface area contributed by atoms with Crippen LogP contribution in [0.3, 0.4) is 0 Å². The maximum Gasteiger partial charge on any atom is 0.407 e. The van der Waals surface area contributed by atoms with Crippen molar-refractivity contribution >= 4 is 43.0 Å². The molecule has 0 fully saturated rings. The summed E-state index contributed by atoms with van der Waals surface area (Å²) in [5.41, 5.74) is 1.79. The van der Waals surface area contributed by atoms with Crippen LogP contribution in [0.2, 0.25) is 18.1 Å². The van der Waals surface area contributed by atoms with Gasteiger partial charge in [0, 0.05) is 0 Å². The number of alkyl carbamates (subject to hydrolysis) is 1. The van der Waals surface area contributed by atoms with Gasteiger partial charge in [0.05, 0.1) is 12.6 Å². The molecular formula is C25H34INO5Si. The van der Waals surface area contributed by atoms with Gasteiger partial charge in [0.2, 0.25) is 0 Å². The third-order valence-corrected chi connectivity index (χ3v) is 11.6. The SMILES string of the molecule is CC(C)(C)[Si](C)(C)OC[C@@H](NC(=O)OCc1ccccc1)[C@@H](I)C(=O)OCc1ccccc1. The van der Waals surface area contributed by atoms with Crippen LogP contribution in [0.5, 0.6) is 0 Å². The fraction of sp³-hybridized carbons (Fsp3) is 0.440. The van der Waals surface area contributed by atoms with Crippen LogP contribution in [0.1, 0.15) is 31.9 Å². The second-order valence-electron chi connectivity index (χ2n) is 9.38. The van der Waals surface area contributed by atoms with Gasteiger partial charge in [0.25, 0.3) is 0 Å². The van der Waals surface area contributed by atoms with Crippen LogP contribution in [0.25, 0.3) is 0 Å². The number of amides is 1. The average Bonchev–Trinajstić information content (AvgIpc) is 2.79. The first-order valence-corrected chi connectivity index (χ1v) is 15.1. The van der Waals surface area contributed by atoms with Crippen molar-refractivity contribution in [2.45, 2.75) is 62.1 Å². The van der Waals surface area contributed by atoms with E-state index in [-0.39, 0.29) is 24.9 Å². The van der Waals surface area contributed by atoms with Crippen LogP contribution in [0.4, 0.5) is 4.79 Å². The number of carbonyl (C=O) groups excluding carboxylic acids is 2. The third kappa shape index (κ3) is 9.09. The van der Waals surface area contributed by atoms with Crippen molar-refractivity contribution in [3.63, 3.8) is 0 Å². The Morgan fingerprint density at radius 2 is 1.39 bits per heavy atom. The van der Waals surface area contributed by atoms with Gasteiger partial charge in [0.1, 0.15) is 17.1 Å². The third-order valence-electron chi connectivity index (χ3n) is 5.75. The van der Waals surface area contributed by atoms with E-state index in [1.807, 2.05) is 83.3 Å². The maximum absolute atomic E-state index is 12.8. The first-order valence-electron chi connectivity index (χ1n) is 11.0. The number of nitrogens with one attached hydrogen (secondary N) is 1. The molecule has 1 N–H and O–H groups in total. The molecule has 2 atom stereocenters. The van der Waals surface area contributed by atoms with Crippen molar-refractivity contribution in [1.29, 1.82) is 0 Å². The molecule has 0 saturated carbocycles. The topological polar surface area (TPSA) is 73.9 Å². The van der Waals surface area contributed by atoms with E-state index in [0.29, 0.717) is 0 Å². The minimum atomic E-state index is -2.09. The molecule has 2 rings (SSSR count). The number of esters is 1. The van der Waals surface area contributed by atoms with Crippen LogP contribution in [0, 0.1) is 0 Å². The molecule has 2 aromatic carbocycles. The predicted octanol–water partition coefficient (Wildman–Crippen LogP) is 5.85. The molecule has 0 bridgehead atoms. The van der Waals surface area contributed by atoms with Crippen LogP contribution in [-0.2, 0) is 31.9 Å². The van der Waals surface area contributed by atoms with Crippen LogP contribution < -0.4 is 5.32 Å². The fourth-order valence-electron chi connectivity index (χ4n) is 2.60. The molecule has 0 aliphatic carbocycles. The van der Waals surface area contributed by atoms with Gasteiger partial charge in [0.15, 0.2) is 8.32 Å². The normalized spacial score (nSPS) is 13.6. The molecule has 0 heterocycles. The van der Waals surface area contributed by atoms with Gasteiger partial charge in [-0.2, -0.15) is 0 Å². The van der Waals surface area contributed by atoms with Crippen molar-refractivity contribution in [1.82, 2.24) is 5.32 Å². The molecule has 6 nitrogen and oxygen atoms in total. The number of halogens is 1. The first-order chi connectivity index (χ1) is 15.5. The monoisotopic (exact) mass is 583 g/mol. The number of benzene rings is 2. The van der Waals surface area contributed by atoms with Crippen molar-refractivity contribution < 1.29 is 23.5 Å². The van der Waals surface area contributed by atoms with Gasteiger partial charge in [-0.1, -0.05) is 104 Å². The summed E-state index contributed by atoms with van der Waals surface area (Å²) < 4.78 is 16.5. The Labute approximate surface area is 211 Å². The summed E-state index contributed by atoms with van der Waals surface area (Å²) in [5, 5.41) is 2.82. The lowest BCUT2D eigenvalue weighted by Gasteiger charge is -2.37. The average molecular weight is 584 g/mol. The number of ether oxygens (including phenoxy) is 2. The highest BCUT2D eigenvalue weighted by Gasteiger charge is 2.39. The summed E-state index contributed by atoms with van der Waals surface area (Å²) in [4.78, 5) is 25.3. The summed E-state index contributed by atoms with van der Waals surface area (Å²) in [6.07, 6.45) is -0.597. The minimum absolute atomic E-state index is 0.0000437. The van der Waals surface area contributed by atoms with Crippen LogP contribution in [-0.4, -0.2) is 37.0 Å². The Balaban J connectivity index is 2.02. The van der Waals surface area contributed by atoms with E-state index in [0.717, 1.165) is 11.1 Å². The summed E-state index contributed by atoms with van der Waals surface area (Å²) in [5.74, 6) is -0.411. The van der Waals surface area contributed by atoms with Crippen molar-refractivity contribution in [2.75, 3.05) is 6.61 Å². The molecule has 0 spiro atoms. The molecule has 0 aliphatic rings. The maximum atomic E-state index is 12.8. The van der Waals surface area contributed by atoms with E-state index >= 15 is 0 Å². The van der Waals surface area contributed by atoms with Crippen molar-refractivity contribution in [2.24, 2.45) is 0 Å². The molecule has 0 radical (unpaired) electrons. The zero-order chi connectivity index (χ0) is 24.5. The Morgan fingerprint density at radius 3 is 1.88 bits per heavy atom. The molecule has 0 aromatic heterocycles. The summed E-state index contributed by atoms with van der Waals surface area (Å²) in [6, 6.07) is 18.3. The number of carbonyl (C=O) groups is 2. The number of hydrogen-bond acceptors (Lipinski definition) is 5. The quantitative estimate of drug-likeness (QED) is 0.165. The lowest BCUT2D eigenvalue weighted by Crippen LogP contribution is -2.51. The Bertz CT molecular complexity index is 887. The van der Waals surface area contributed by atoms with E-state index in [4.69, 9.17) is 13.9 Å². The lowest BCUT2D eigenvalue weighted by atomic mass is 10.2. The van der Waals surface area contributed by atoms with E-state index in [1.54, 1.807) is 0 Å². The molecule has 0 aliphatic heterocycles. The fourth-order valence-corrected chi connectivity index (χ4v) is 4.20. The zero-order valence-electron chi connectivity index (χ0n) is 20.0. The second kappa shape index (κ2) is 12.5. The highest BCUT2D eigenvalue weighted by molar-refractivity contribution is 14.1. The van der Waals surface area contributed by atoms with Gasteiger partial charge in [-0.05, 0) is 29.3 Å². The first kappa shape index (κ1) is 27.3. The standard InChI is InChI=1S/C25H34INO5Si/c1-25(2,3)33(4,5)32-18-21(27-24(29)31-17-20-14-10-7-11-15-20)22(26)23(28)30-16-19-12-8-6-9-13-19/h6-15,21-22H,16-18H2,1-5H3,(H,27,29)/t21-,22-/m1/s1. The summed E-state index contributed by atoms with van der Waals surface area (Å²) in [7, 11) is -2.09. The van der Waals surface area contributed by atoms with Crippen LogP contribution >= 0.6 is 22.6 Å². The Kier molecular flexibility index (Phi) is 10.4.